The monoisotopic (exact) mass is 691 g/mol. The molecule has 4 aromatic rings. The van der Waals surface area contributed by atoms with Gasteiger partial charge in [-0.15, -0.1) is 0 Å². The minimum atomic E-state index is 0.469. The number of rotatable bonds is 10. The Morgan fingerprint density at radius 1 is 1.00 bits per heavy atom. The summed E-state index contributed by atoms with van der Waals surface area (Å²) in [5, 5.41) is 6.94. The second-order valence-electron chi connectivity index (χ2n) is 11.6. The fraction of sp³-hybridized carbons (Fsp3) is 0.455. The van der Waals surface area contributed by atoms with Crippen molar-refractivity contribution in [3.05, 3.63) is 52.9 Å². The van der Waals surface area contributed by atoms with Gasteiger partial charge in [-0.2, -0.15) is 4.98 Å². The summed E-state index contributed by atoms with van der Waals surface area (Å²) in [6.45, 7) is 6.89. The van der Waals surface area contributed by atoms with Gasteiger partial charge in [0.2, 0.25) is 5.95 Å². The largest absolute Gasteiger partial charge is 0.494 e. The molecule has 45 heavy (non-hydrogen) atoms. The van der Waals surface area contributed by atoms with Crippen molar-refractivity contribution < 1.29 is 4.74 Å². The zero-order valence-corrected chi connectivity index (χ0v) is 28.9. The summed E-state index contributed by atoms with van der Waals surface area (Å²) in [6, 6.07) is 9.06. The topological polar surface area (TPSA) is 94.6 Å². The summed E-state index contributed by atoms with van der Waals surface area (Å²) in [6.07, 6.45) is 14.6. The van der Waals surface area contributed by atoms with Crippen molar-refractivity contribution >= 4 is 73.4 Å². The smallest absolute Gasteiger partial charge is 0.229 e. The van der Waals surface area contributed by atoms with Gasteiger partial charge in [0.25, 0.3) is 0 Å². The molecule has 2 saturated heterocycles. The lowest BCUT2D eigenvalue weighted by atomic mass is 9.98. The van der Waals surface area contributed by atoms with Crippen LogP contribution in [0.15, 0.2) is 47.3 Å². The van der Waals surface area contributed by atoms with E-state index in [0.29, 0.717) is 17.8 Å². The van der Waals surface area contributed by atoms with E-state index in [4.69, 9.17) is 9.72 Å². The van der Waals surface area contributed by atoms with Crippen LogP contribution in [0.5, 0.6) is 5.75 Å². The molecule has 2 aliphatic rings. The molecule has 12 heteroatoms. The van der Waals surface area contributed by atoms with Crippen LogP contribution in [0.4, 0.5) is 34.5 Å². The molecule has 0 amide bonds. The Balaban J connectivity index is 1.23. The summed E-state index contributed by atoms with van der Waals surface area (Å²) in [5.74, 6) is 1.88. The molecule has 0 saturated carbocycles. The highest BCUT2D eigenvalue weighted by Gasteiger charge is 2.27. The van der Waals surface area contributed by atoms with Crippen LogP contribution >= 0.6 is 27.9 Å². The molecule has 0 bridgehead atoms. The number of fused-ring (bicyclic) bond motifs is 1. The number of hydrogen-bond acceptors (Lipinski definition) is 11. The van der Waals surface area contributed by atoms with Crippen LogP contribution in [0, 0.1) is 0 Å². The minimum Gasteiger partial charge on any atom is -0.494 e. The lowest BCUT2D eigenvalue weighted by molar-refractivity contribution is 0.141. The maximum absolute atomic E-state index is 5.91. The first-order chi connectivity index (χ1) is 22.0. The fourth-order valence-corrected chi connectivity index (χ4v) is 7.17. The number of piperidine rings is 2. The predicted octanol–water partition coefficient (Wildman–Crippen LogP) is 7.41. The normalized spacial score (nSPS) is 16.2. The molecule has 6 rings (SSSR count). The Kier molecular flexibility index (Phi) is 10.1. The van der Waals surface area contributed by atoms with Crippen LogP contribution in [0.2, 0.25) is 0 Å². The average molecular weight is 693 g/mol. The fourth-order valence-electron chi connectivity index (χ4n) is 6.51. The first kappa shape index (κ1) is 31.6. The number of benzene rings is 2. The van der Waals surface area contributed by atoms with E-state index in [1.165, 1.54) is 56.4 Å². The number of likely N-dealkylation sites (tertiary alicyclic amines) is 1. The van der Waals surface area contributed by atoms with E-state index in [1.807, 2.05) is 25.4 Å². The Hall–Kier alpha value is -3.35. The van der Waals surface area contributed by atoms with E-state index in [9.17, 15) is 0 Å². The maximum atomic E-state index is 5.91. The van der Waals surface area contributed by atoms with Crippen molar-refractivity contribution in [3.63, 3.8) is 0 Å². The van der Waals surface area contributed by atoms with E-state index in [0.717, 1.165) is 57.8 Å². The predicted molar refractivity (Wildman–Crippen MR) is 191 cm³/mol. The van der Waals surface area contributed by atoms with Crippen LogP contribution in [-0.4, -0.2) is 77.5 Å². The first-order valence-electron chi connectivity index (χ1n) is 15.8. The Morgan fingerprint density at radius 3 is 2.51 bits per heavy atom. The summed E-state index contributed by atoms with van der Waals surface area (Å²) in [5.41, 5.74) is 6.83. The van der Waals surface area contributed by atoms with Gasteiger partial charge in [-0.3, -0.25) is 9.97 Å². The molecule has 10 nitrogen and oxygen atoms in total. The lowest BCUT2D eigenvalue weighted by Gasteiger charge is -2.41. The molecule has 0 spiro atoms. The van der Waals surface area contributed by atoms with Gasteiger partial charge < -0.3 is 29.5 Å². The summed E-state index contributed by atoms with van der Waals surface area (Å²) in [4.78, 5) is 23.8. The van der Waals surface area contributed by atoms with Gasteiger partial charge in [0.15, 0.2) is 0 Å². The van der Waals surface area contributed by atoms with Gasteiger partial charge in [-0.05, 0) is 84.9 Å². The minimum absolute atomic E-state index is 0.469. The number of aryl methyl sites for hydroxylation is 1. The summed E-state index contributed by atoms with van der Waals surface area (Å²) >= 11 is 5.24. The molecule has 0 aliphatic carbocycles. The zero-order chi connectivity index (χ0) is 31.3. The highest BCUT2D eigenvalue weighted by atomic mass is 79.9. The Labute approximate surface area is 278 Å². The number of aromatic nitrogens is 4. The highest BCUT2D eigenvalue weighted by Crippen LogP contribution is 2.39. The Morgan fingerprint density at radius 2 is 1.78 bits per heavy atom. The number of nitrogens with zero attached hydrogens (tertiary/aromatic N) is 7. The number of ether oxygens (including phenoxy) is 1. The van der Waals surface area contributed by atoms with Crippen LogP contribution in [0.1, 0.15) is 44.6 Å². The van der Waals surface area contributed by atoms with Crippen LogP contribution < -0.4 is 24.6 Å². The molecule has 2 aromatic carbocycles. The van der Waals surface area contributed by atoms with Crippen molar-refractivity contribution in [2.75, 3.05) is 66.4 Å². The molecule has 0 radical (unpaired) electrons. The van der Waals surface area contributed by atoms with Gasteiger partial charge >= 0.3 is 0 Å². The molecule has 2 N–H and O–H groups in total. The number of nitrogens with one attached hydrogen (secondary N) is 2. The third-order valence-corrected chi connectivity index (χ3v) is 10.3. The van der Waals surface area contributed by atoms with Crippen molar-refractivity contribution in [2.24, 2.45) is 0 Å². The molecular formula is C33H42BrN9OS. The van der Waals surface area contributed by atoms with Gasteiger partial charge in [-0.1, -0.05) is 25.3 Å². The molecule has 2 fully saturated rings. The highest BCUT2D eigenvalue weighted by molar-refractivity contribution is 9.10. The Bertz CT molecular complexity index is 1630. The van der Waals surface area contributed by atoms with Gasteiger partial charge in [0.05, 0.1) is 34.2 Å². The number of hydrogen-bond donors (Lipinski definition) is 2. The van der Waals surface area contributed by atoms with Gasteiger partial charge in [-0.25, -0.2) is 4.98 Å². The molecule has 0 unspecified atom stereocenters. The molecule has 2 aliphatic heterocycles. The number of halogens is 1. The maximum Gasteiger partial charge on any atom is 0.229 e. The third-order valence-electron chi connectivity index (χ3n) is 8.94. The van der Waals surface area contributed by atoms with Gasteiger partial charge in [0, 0.05) is 62.8 Å². The number of anilines is 6. The van der Waals surface area contributed by atoms with Gasteiger partial charge in [0.1, 0.15) is 17.1 Å². The van der Waals surface area contributed by atoms with Crippen molar-refractivity contribution in [1.29, 1.82) is 0 Å². The molecule has 4 heterocycles. The lowest BCUT2D eigenvalue weighted by Crippen LogP contribution is -2.46. The van der Waals surface area contributed by atoms with E-state index in [1.54, 1.807) is 37.6 Å². The van der Waals surface area contributed by atoms with Crippen molar-refractivity contribution in [3.8, 4) is 5.75 Å². The molecule has 2 aromatic heterocycles. The van der Waals surface area contributed by atoms with Crippen LogP contribution in [0.25, 0.3) is 11.0 Å². The SMILES string of the molecule is CCc1cc(Nc2ncc(Br)c(Nc3ccc4nccnc4c3N(C)SC)n2)c(OC)cc1N1CCC(N2CCCCC2)CC1. The van der Waals surface area contributed by atoms with E-state index < -0.39 is 0 Å². The molecule has 238 valence electrons. The zero-order valence-electron chi connectivity index (χ0n) is 26.5. The third kappa shape index (κ3) is 6.92. The summed E-state index contributed by atoms with van der Waals surface area (Å²) < 4.78 is 8.73. The quantitative estimate of drug-likeness (QED) is 0.163. The van der Waals surface area contributed by atoms with Crippen LogP contribution in [0.3, 0.4) is 0 Å². The number of methoxy groups -OCH3 is 1. The summed E-state index contributed by atoms with van der Waals surface area (Å²) in [7, 11) is 3.74. The molecule has 0 atom stereocenters. The first-order valence-corrected chi connectivity index (χ1v) is 17.7. The standard InChI is InChI=1S/C33H42BrN9OS/c1-5-22-19-27(29(44-3)20-28(22)43-17-11-23(12-18-43)42-15-7-6-8-16-42)39-33-37-21-24(34)32(40-33)38-26-10-9-25-30(36-14-13-35-25)31(26)41(2)45-4/h9-10,13-14,19-21,23H,5-8,11-12,15-18H2,1-4H3,(H2,37,38,39,40). The second-order valence-corrected chi connectivity index (χ2v) is 13.3. The average Bonchev–Trinajstić information content (AvgIpc) is 3.09. The second kappa shape index (κ2) is 14.4. The van der Waals surface area contributed by atoms with E-state index in [-0.39, 0.29) is 0 Å². The van der Waals surface area contributed by atoms with Crippen molar-refractivity contribution in [2.45, 2.75) is 51.5 Å². The van der Waals surface area contributed by atoms with E-state index in [2.05, 4.69) is 74.7 Å². The van der Waals surface area contributed by atoms with E-state index >= 15 is 0 Å². The molecular weight excluding hydrogens is 650 g/mol. The van der Waals surface area contributed by atoms with Crippen LogP contribution in [-0.2, 0) is 6.42 Å². The van der Waals surface area contributed by atoms with Crippen molar-refractivity contribution in [1.82, 2.24) is 24.8 Å².